The zero-order chi connectivity index (χ0) is 22.9. The topological polar surface area (TPSA) is 78.0 Å². The van der Waals surface area contributed by atoms with Crippen LogP contribution in [0.25, 0.3) is 0 Å². The fourth-order valence-electron chi connectivity index (χ4n) is 3.94. The van der Waals surface area contributed by atoms with E-state index in [4.69, 9.17) is 0 Å². The van der Waals surface area contributed by atoms with Crippen LogP contribution in [0.4, 0.5) is 11.4 Å². The lowest BCUT2D eigenvalue weighted by Crippen LogP contribution is -2.43. The van der Waals surface area contributed by atoms with Gasteiger partial charge >= 0.3 is 0 Å². The van der Waals surface area contributed by atoms with Crippen molar-refractivity contribution in [1.29, 1.82) is 0 Å². The predicted molar refractivity (Wildman–Crippen MR) is 127 cm³/mol. The first-order valence-corrected chi connectivity index (χ1v) is 13.1. The third-order valence-corrected chi connectivity index (χ3v) is 9.13. The van der Waals surface area contributed by atoms with Gasteiger partial charge in [-0.3, -0.25) is 9.59 Å². The van der Waals surface area contributed by atoms with Gasteiger partial charge in [-0.15, -0.1) is 11.8 Å². The second-order valence-electron chi connectivity index (χ2n) is 8.17. The van der Waals surface area contributed by atoms with E-state index in [1.807, 2.05) is 37.3 Å². The van der Waals surface area contributed by atoms with Crippen molar-refractivity contribution in [2.75, 3.05) is 42.2 Å². The molecule has 2 aromatic rings. The minimum absolute atomic E-state index is 0.157. The highest BCUT2D eigenvalue weighted by atomic mass is 32.2. The summed E-state index contributed by atoms with van der Waals surface area (Å²) in [5, 5.41) is 0. The van der Waals surface area contributed by atoms with Crippen LogP contribution in [-0.4, -0.2) is 57.0 Å². The first kappa shape index (κ1) is 22.8. The number of amides is 2. The van der Waals surface area contributed by atoms with Crippen LogP contribution in [-0.2, 0) is 19.6 Å². The van der Waals surface area contributed by atoms with Gasteiger partial charge in [-0.25, -0.2) is 8.42 Å². The molecular formula is C23H27N3O4S2. The molecule has 2 amide bonds. The highest BCUT2D eigenvalue weighted by Gasteiger charge is 2.33. The number of sulfonamides is 1. The maximum atomic E-state index is 13.2. The average molecular weight is 474 g/mol. The molecule has 0 unspecified atom stereocenters. The standard InChI is InChI=1S/C23H27N3O4S2/c1-17-16-31-21-11-10-19(32(29,30)25-12-6-7-13-25)14-20(21)26(23(17)28)15-22(27)24(2)18-8-4-3-5-9-18/h3-5,8-11,14,17H,6-7,12-13,15-16H2,1-2H3/t17-/m1/s1. The number of para-hydroxylation sites is 1. The largest absolute Gasteiger partial charge is 0.314 e. The van der Waals surface area contributed by atoms with Gasteiger partial charge in [-0.2, -0.15) is 4.31 Å². The summed E-state index contributed by atoms with van der Waals surface area (Å²) in [4.78, 5) is 30.2. The highest BCUT2D eigenvalue weighted by molar-refractivity contribution is 7.99. The first-order chi connectivity index (χ1) is 15.3. The minimum Gasteiger partial charge on any atom is -0.314 e. The van der Waals surface area contributed by atoms with E-state index < -0.39 is 10.0 Å². The minimum atomic E-state index is -3.64. The Kier molecular flexibility index (Phi) is 6.60. The molecule has 4 rings (SSSR count). The Hall–Kier alpha value is -2.36. The molecule has 0 aliphatic carbocycles. The van der Waals surface area contributed by atoms with Crippen molar-refractivity contribution < 1.29 is 18.0 Å². The Labute approximate surface area is 193 Å². The van der Waals surface area contributed by atoms with Crippen molar-refractivity contribution in [2.24, 2.45) is 5.92 Å². The second kappa shape index (κ2) is 9.25. The molecule has 0 saturated carbocycles. The molecule has 1 atom stereocenters. The van der Waals surface area contributed by atoms with E-state index >= 15 is 0 Å². The normalized spacial score (nSPS) is 19.5. The van der Waals surface area contributed by atoms with Gasteiger partial charge in [0.05, 0.1) is 10.6 Å². The molecule has 0 bridgehead atoms. The van der Waals surface area contributed by atoms with E-state index in [9.17, 15) is 18.0 Å². The molecule has 170 valence electrons. The van der Waals surface area contributed by atoms with Crippen LogP contribution in [0.15, 0.2) is 58.3 Å². The van der Waals surface area contributed by atoms with Crippen molar-refractivity contribution in [3.05, 3.63) is 48.5 Å². The Balaban J connectivity index is 1.69. The van der Waals surface area contributed by atoms with Gasteiger partial charge in [0.25, 0.3) is 0 Å². The van der Waals surface area contributed by atoms with Crippen molar-refractivity contribution in [2.45, 2.75) is 29.6 Å². The fourth-order valence-corrected chi connectivity index (χ4v) is 6.53. The zero-order valence-corrected chi connectivity index (χ0v) is 19.9. The number of carbonyl (C=O) groups is 2. The van der Waals surface area contributed by atoms with E-state index in [0.29, 0.717) is 24.5 Å². The SMILES string of the molecule is C[C@@H]1CSc2ccc(S(=O)(=O)N3CCCC3)cc2N(CC(=O)N(C)c2ccccc2)C1=O. The number of likely N-dealkylation sites (N-methyl/N-ethyl adjacent to an activating group) is 1. The summed E-state index contributed by atoms with van der Waals surface area (Å²) >= 11 is 1.51. The van der Waals surface area contributed by atoms with E-state index in [1.54, 1.807) is 25.2 Å². The lowest BCUT2D eigenvalue weighted by molar-refractivity contribution is -0.124. The fraction of sp³-hybridized carbons (Fsp3) is 0.391. The number of anilines is 2. The summed E-state index contributed by atoms with van der Waals surface area (Å²) in [6.45, 7) is 2.69. The van der Waals surface area contributed by atoms with Gasteiger partial charge < -0.3 is 9.80 Å². The van der Waals surface area contributed by atoms with Crippen LogP contribution in [0.3, 0.4) is 0 Å². The van der Waals surface area contributed by atoms with Crippen LogP contribution >= 0.6 is 11.8 Å². The first-order valence-electron chi connectivity index (χ1n) is 10.7. The summed E-state index contributed by atoms with van der Waals surface area (Å²) in [5.41, 5.74) is 1.22. The lowest BCUT2D eigenvalue weighted by atomic mass is 10.1. The number of thioether (sulfide) groups is 1. The molecule has 32 heavy (non-hydrogen) atoms. The van der Waals surface area contributed by atoms with Gasteiger partial charge in [0, 0.05) is 42.4 Å². The van der Waals surface area contributed by atoms with Crippen LogP contribution < -0.4 is 9.80 Å². The molecule has 9 heteroatoms. The smallest absolute Gasteiger partial charge is 0.246 e. The summed E-state index contributed by atoms with van der Waals surface area (Å²) in [7, 11) is -1.96. The maximum absolute atomic E-state index is 13.2. The van der Waals surface area contributed by atoms with Gasteiger partial charge in [0.1, 0.15) is 6.54 Å². The quantitative estimate of drug-likeness (QED) is 0.666. The molecule has 2 aliphatic rings. The van der Waals surface area contributed by atoms with Crippen LogP contribution in [0.1, 0.15) is 19.8 Å². The van der Waals surface area contributed by atoms with Crippen molar-refractivity contribution >= 4 is 45.0 Å². The molecule has 0 radical (unpaired) electrons. The third-order valence-electron chi connectivity index (χ3n) is 5.91. The summed E-state index contributed by atoms with van der Waals surface area (Å²) in [6.07, 6.45) is 1.70. The Morgan fingerprint density at radius 2 is 1.81 bits per heavy atom. The Morgan fingerprint density at radius 1 is 1.12 bits per heavy atom. The summed E-state index contributed by atoms with van der Waals surface area (Å²) in [6, 6.07) is 14.1. The molecular weight excluding hydrogens is 446 g/mol. The van der Waals surface area contributed by atoms with E-state index in [-0.39, 0.29) is 29.2 Å². The van der Waals surface area contributed by atoms with Gasteiger partial charge in [0.2, 0.25) is 21.8 Å². The monoisotopic (exact) mass is 473 g/mol. The number of nitrogens with zero attached hydrogens (tertiary/aromatic N) is 3. The molecule has 2 aromatic carbocycles. The van der Waals surface area contributed by atoms with Crippen molar-refractivity contribution in [3.8, 4) is 0 Å². The summed E-state index contributed by atoms with van der Waals surface area (Å²) < 4.78 is 27.7. The lowest BCUT2D eigenvalue weighted by Gasteiger charge is -2.27. The molecule has 0 N–H and O–H groups in total. The molecule has 2 aliphatic heterocycles. The van der Waals surface area contributed by atoms with Crippen molar-refractivity contribution in [1.82, 2.24) is 4.31 Å². The zero-order valence-electron chi connectivity index (χ0n) is 18.2. The number of fused-ring (bicyclic) bond motifs is 1. The van der Waals surface area contributed by atoms with Crippen molar-refractivity contribution in [3.63, 3.8) is 0 Å². The van der Waals surface area contributed by atoms with Gasteiger partial charge in [-0.05, 0) is 43.2 Å². The number of hydrogen-bond acceptors (Lipinski definition) is 5. The molecule has 0 aromatic heterocycles. The number of rotatable bonds is 5. The number of carbonyl (C=O) groups excluding carboxylic acids is 2. The van der Waals surface area contributed by atoms with Gasteiger partial charge in [-0.1, -0.05) is 25.1 Å². The second-order valence-corrected chi connectivity index (χ2v) is 11.2. The Bertz CT molecular complexity index is 1120. The number of benzene rings is 2. The van der Waals surface area contributed by atoms with Crippen LogP contribution in [0.2, 0.25) is 0 Å². The summed E-state index contributed by atoms with van der Waals surface area (Å²) in [5.74, 6) is -0.145. The van der Waals surface area contributed by atoms with Crippen LogP contribution in [0, 0.1) is 5.92 Å². The maximum Gasteiger partial charge on any atom is 0.246 e. The third kappa shape index (κ3) is 4.42. The van der Waals surface area contributed by atoms with E-state index in [1.165, 1.54) is 25.9 Å². The van der Waals surface area contributed by atoms with E-state index in [2.05, 4.69) is 0 Å². The highest BCUT2D eigenvalue weighted by Crippen LogP contribution is 2.38. The molecule has 1 fully saturated rings. The molecule has 0 spiro atoms. The Morgan fingerprint density at radius 3 is 2.50 bits per heavy atom. The average Bonchev–Trinajstić information content (AvgIpc) is 3.33. The number of hydrogen-bond donors (Lipinski definition) is 0. The molecule has 1 saturated heterocycles. The predicted octanol–water partition coefficient (Wildman–Crippen LogP) is 3.21. The molecule has 2 heterocycles. The van der Waals surface area contributed by atoms with E-state index in [0.717, 1.165) is 23.4 Å². The van der Waals surface area contributed by atoms with Gasteiger partial charge in [0.15, 0.2) is 0 Å². The molecule has 7 nitrogen and oxygen atoms in total. The van der Waals surface area contributed by atoms with Crippen LogP contribution in [0.5, 0.6) is 0 Å².